The third-order valence-corrected chi connectivity index (χ3v) is 3.00. The summed E-state index contributed by atoms with van der Waals surface area (Å²) in [5, 5.41) is 5.20. The maximum atomic E-state index is 11.9. The van der Waals surface area contributed by atoms with Gasteiger partial charge in [0.15, 0.2) is 5.76 Å². The SMILES string of the molecule is COc1ccc(C)cc1NC(=O)CNC(=O)c1ccc(C)o1. The van der Waals surface area contributed by atoms with Crippen molar-refractivity contribution in [2.24, 2.45) is 0 Å². The summed E-state index contributed by atoms with van der Waals surface area (Å²) >= 11 is 0. The predicted molar refractivity (Wildman–Crippen MR) is 82.1 cm³/mol. The molecular formula is C16H18N2O4. The fourth-order valence-electron chi connectivity index (χ4n) is 1.92. The third kappa shape index (κ3) is 3.88. The van der Waals surface area contributed by atoms with Crippen LogP contribution in [0.15, 0.2) is 34.7 Å². The monoisotopic (exact) mass is 302 g/mol. The van der Waals surface area contributed by atoms with Crippen molar-refractivity contribution >= 4 is 17.5 Å². The number of hydrogen-bond donors (Lipinski definition) is 2. The first-order chi connectivity index (χ1) is 10.5. The summed E-state index contributed by atoms with van der Waals surface area (Å²) in [7, 11) is 1.53. The number of ether oxygens (including phenoxy) is 1. The zero-order valence-corrected chi connectivity index (χ0v) is 12.7. The lowest BCUT2D eigenvalue weighted by atomic mass is 10.2. The van der Waals surface area contributed by atoms with Crippen molar-refractivity contribution in [1.29, 1.82) is 0 Å². The quantitative estimate of drug-likeness (QED) is 0.888. The maximum absolute atomic E-state index is 11.9. The lowest BCUT2D eigenvalue weighted by molar-refractivity contribution is -0.115. The van der Waals surface area contributed by atoms with Crippen LogP contribution >= 0.6 is 0 Å². The minimum atomic E-state index is -0.431. The molecule has 1 heterocycles. The number of hydrogen-bond acceptors (Lipinski definition) is 4. The van der Waals surface area contributed by atoms with E-state index in [4.69, 9.17) is 9.15 Å². The number of methoxy groups -OCH3 is 1. The number of anilines is 1. The largest absolute Gasteiger partial charge is 0.495 e. The molecule has 0 bridgehead atoms. The molecule has 0 radical (unpaired) electrons. The van der Waals surface area contributed by atoms with E-state index < -0.39 is 5.91 Å². The zero-order chi connectivity index (χ0) is 16.1. The number of carbonyl (C=O) groups excluding carboxylic acids is 2. The van der Waals surface area contributed by atoms with Crippen LogP contribution in [0.1, 0.15) is 21.9 Å². The molecule has 0 unspecified atom stereocenters. The maximum Gasteiger partial charge on any atom is 0.287 e. The van der Waals surface area contributed by atoms with Crippen molar-refractivity contribution in [2.45, 2.75) is 13.8 Å². The van der Waals surface area contributed by atoms with Gasteiger partial charge in [-0.25, -0.2) is 0 Å². The molecule has 2 rings (SSSR count). The molecule has 0 spiro atoms. The normalized spacial score (nSPS) is 10.1. The average molecular weight is 302 g/mol. The van der Waals surface area contributed by atoms with E-state index in [1.165, 1.54) is 7.11 Å². The van der Waals surface area contributed by atoms with Gasteiger partial charge in [0.2, 0.25) is 5.91 Å². The Balaban J connectivity index is 1.93. The molecule has 0 saturated carbocycles. The first-order valence-corrected chi connectivity index (χ1v) is 6.78. The Morgan fingerprint density at radius 2 is 1.95 bits per heavy atom. The van der Waals surface area contributed by atoms with E-state index >= 15 is 0 Å². The molecule has 0 fully saturated rings. The van der Waals surface area contributed by atoms with E-state index in [9.17, 15) is 9.59 Å². The highest BCUT2D eigenvalue weighted by molar-refractivity contribution is 5.98. The highest BCUT2D eigenvalue weighted by Gasteiger charge is 2.12. The second-order valence-corrected chi connectivity index (χ2v) is 4.84. The van der Waals surface area contributed by atoms with Gasteiger partial charge >= 0.3 is 0 Å². The van der Waals surface area contributed by atoms with Gasteiger partial charge < -0.3 is 19.8 Å². The minimum Gasteiger partial charge on any atom is -0.495 e. The summed E-state index contributed by atoms with van der Waals surface area (Å²) in [6, 6.07) is 8.71. The van der Waals surface area contributed by atoms with Crippen molar-refractivity contribution < 1.29 is 18.7 Å². The van der Waals surface area contributed by atoms with Gasteiger partial charge in [0.25, 0.3) is 5.91 Å². The summed E-state index contributed by atoms with van der Waals surface area (Å²) in [5.74, 6) is 0.601. The van der Waals surface area contributed by atoms with Crippen LogP contribution in [0.4, 0.5) is 5.69 Å². The van der Waals surface area contributed by atoms with Gasteiger partial charge in [0, 0.05) is 0 Å². The topological polar surface area (TPSA) is 80.6 Å². The lowest BCUT2D eigenvalue weighted by Gasteiger charge is -2.11. The lowest BCUT2D eigenvalue weighted by Crippen LogP contribution is -2.32. The Morgan fingerprint density at radius 3 is 2.59 bits per heavy atom. The summed E-state index contributed by atoms with van der Waals surface area (Å²) in [6.45, 7) is 3.50. The van der Waals surface area contributed by atoms with Crippen LogP contribution < -0.4 is 15.4 Å². The van der Waals surface area contributed by atoms with Gasteiger partial charge in [-0.05, 0) is 43.7 Å². The van der Waals surface area contributed by atoms with Gasteiger partial charge in [-0.1, -0.05) is 6.07 Å². The molecule has 1 aromatic carbocycles. The molecule has 0 aliphatic heterocycles. The Kier molecular flexibility index (Phi) is 4.83. The number of carbonyl (C=O) groups is 2. The van der Waals surface area contributed by atoms with Gasteiger partial charge in [0.05, 0.1) is 19.3 Å². The molecule has 0 saturated heterocycles. The molecule has 22 heavy (non-hydrogen) atoms. The van der Waals surface area contributed by atoms with Crippen LogP contribution in [-0.4, -0.2) is 25.5 Å². The predicted octanol–water partition coefficient (Wildman–Crippen LogP) is 2.27. The van der Waals surface area contributed by atoms with Crippen molar-refractivity contribution in [2.75, 3.05) is 19.0 Å². The van der Waals surface area contributed by atoms with E-state index in [1.807, 2.05) is 13.0 Å². The van der Waals surface area contributed by atoms with E-state index in [1.54, 1.807) is 31.2 Å². The Hall–Kier alpha value is -2.76. The van der Waals surface area contributed by atoms with Crippen LogP contribution in [-0.2, 0) is 4.79 Å². The number of aryl methyl sites for hydroxylation is 2. The fourth-order valence-corrected chi connectivity index (χ4v) is 1.92. The number of rotatable bonds is 5. The molecule has 6 heteroatoms. The average Bonchev–Trinajstić information content (AvgIpc) is 2.92. The Bertz CT molecular complexity index is 691. The van der Waals surface area contributed by atoms with Gasteiger partial charge in [-0.15, -0.1) is 0 Å². The number of nitrogens with one attached hydrogen (secondary N) is 2. The summed E-state index contributed by atoms with van der Waals surface area (Å²) in [5.41, 5.74) is 1.56. The van der Waals surface area contributed by atoms with Crippen molar-refractivity contribution in [3.8, 4) is 5.75 Å². The molecule has 0 aliphatic rings. The zero-order valence-electron chi connectivity index (χ0n) is 12.7. The highest BCUT2D eigenvalue weighted by atomic mass is 16.5. The van der Waals surface area contributed by atoms with Crippen LogP contribution in [0.3, 0.4) is 0 Å². The molecule has 0 aliphatic carbocycles. The highest BCUT2D eigenvalue weighted by Crippen LogP contribution is 2.24. The first kappa shape index (κ1) is 15.6. The number of amides is 2. The van der Waals surface area contributed by atoms with Crippen LogP contribution in [0, 0.1) is 13.8 Å². The Labute approximate surface area is 128 Å². The van der Waals surface area contributed by atoms with Crippen molar-refractivity contribution in [1.82, 2.24) is 5.32 Å². The molecule has 1 aromatic heterocycles. The summed E-state index contributed by atoms with van der Waals surface area (Å²) in [4.78, 5) is 23.7. The van der Waals surface area contributed by atoms with Crippen LogP contribution in [0.25, 0.3) is 0 Å². The molecule has 116 valence electrons. The van der Waals surface area contributed by atoms with Crippen LogP contribution in [0.2, 0.25) is 0 Å². The van der Waals surface area contributed by atoms with Gasteiger partial charge in [-0.3, -0.25) is 9.59 Å². The first-order valence-electron chi connectivity index (χ1n) is 6.78. The van der Waals surface area contributed by atoms with Crippen molar-refractivity contribution in [3.05, 3.63) is 47.4 Å². The molecule has 2 amide bonds. The molecule has 2 N–H and O–H groups in total. The molecule has 6 nitrogen and oxygen atoms in total. The smallest absolute Gasteiger partial charge is 0.287 e. The van der Waals surface area contributed by atoms with Gasteiger partial charge in [0.1, 0.15) is 11.5 Å². The van der Waals surface area contributed by atoms with E-state index in [2.05, 4.69) is 10.6 Å². The van der Waals surface area contributed by atoms with E-state index in [0.717, 1.165) is 5.56 Å². The summed E-state index contributed by atoms with van der Waals surface area (Å²) in [6.07, 6.45) is 0. The summed E-state index contributed by atoms with van der Waals surface area (Å²) < 4.78 is 10.4. The van der Waals surface area contributed by atoms with E-state index in [-0.39, 0.29) is 18.2 Å². The molecule has 0 atom stereocenters. The second-order valence-electron chi connectivity index (χ2n) is 4.84. The number of benzene rings is 1. The minimum absolute atomic E-state index is 0.157. The van der Waals surface area contributed by atoms with Crippen molar-refractivity contribution in [3.63, 3.8) is 0 Å². The second kappa shape index (κ2) is 6.80. The molecular weight excluding hydrogens is 284 g/mol. The van der Waals surface area contributed by atoms with Crippen LogP contribution in [0.5, 0.6) is 5.75 Å². The molecule has 2 aromatic rings. The van der Waals surface area contributed by atoms with E-state index in [0.29, 0.717) is 17.2 Å². The van der Waals surface area contributed by atoms with Gasteiger partial charge in [-0.2, -0.15) is 0 Å². The number of furan rings is 1. The standard InChI is InChI=1S/C16H18N2O4/c1-10-4-6-13(21-3)12(8-10)18-15(19)9-17-16(20)14-7-5-11(2)22-14/h4-8H,9H2,1-3H3,(H,17,20)(H,18,19). The fraction of sp³-hybridized carbons (Fsp3) is 0.250. The third-order valence-electron chi connectivity index (χ3n) is 3.00. The Morgan fingerprint density at radius 1 is 1.18 bits per heavy atom.